The van der Waals surface area contributed by atoms with E-state index in [4.69, 9.17) is 10.5 Å². The zero-order chi connectivity index (χ0) is 25.3. The van der Waals surface area contributed by atoms with Gasteiger partial charge in [0.05, 0.1) is 18.3 Å². The van der Waals surface area contributed by atoms with Crippen LogP contribution in [0.15, 0.2) is 42.5 Å². The fourth-order valence-electron chi connectivity index (χ4n) is 7.56. The summed E-state index contributed by atoms with van der Waals surface area (Å²) in [6.07, 6.45) is 9.89. The largest absolute Gasteiger partial charge is 0.507 e. The van der Waals surface area contributed by atoms with Crippen LogP contribution in [0.25, 0.3) is 0 Å². The Labute approximate surface area is 214 Å². The summed E-state index contributed by atoms with van der Waals surface area (Å²) >= 11 is 0. The summed E-state index contributed by atoms with van der Waals surface area (Å²) in [5.74, 6) is 2.97. The first-order valence-electron chi connectivity index (χ1n) is 13.5. The molecule has 0 aromatic heterocycles. The van der Waals surface area contributed by atoms with E-state index in [-0.39, 0.29) is 17.4 Å². The molecule has 1 amide bonds. The third kappa shape index (κ3) is 5.70. The van der Waals surface area contributed by atoms with Crippen molar-refractivity contribution in [1.82, 2.24) is 5.32 Å². The van der Waals surface area contributed by atoms with Crippen LogP contribution in [0.3, 0.4) is 0 Å². The molecule has 0 saturated heterocycles. The Morgan fingerprint density at radius 3 is 2.47 bits per heavy atom. The lowest BCUT2D eigenvalue weighted by Crippen LogP contribution is -2.46. The molecule has 4 aliphatic rings. The van der Waals surface area contributed by atoms with Crippen molar-refractivity contribution in [1.29, 1.82) is 0 Å². The number of amides is 1. The Bertz CT molecular complexity index is 1050. The van der Waals surface area contributed by atoms with Gasteiger partial charge in [-0.1, -0.05) is 18.2 Å². The molecule has 0 radical (unpaired) electrons. The molecular formula is C30H40N2O4. The summed E-state index contributed by atoms with van der Waals surface area (Å²) in [7, 11) is 0. The fourth-order valence-corrected chi connectivity index (χ4v) is 7.56. The van der Waals surface area contributed by atoms with Crippen LogP contribution in [0.1, 0.15) is 79.5 Å². The normalized spacial score (nSPS) is 28.1. The third-order valence-electron chi connectivity index (χ3n) is 8.84. The quantitative estimate of drug-likeness (QED) is 0.363. The molecule has 0 heterocycles. The maximum atomic E-state index is 11.5. The summed E-state index contributed by atoms with van der Waals surface area (Å²) in [6.45, 7) is 3.21. The van der Waals surface area contributed by atoms with Crippen molar-refractivity contribution in [2.75, 3.05) is 13.2 Å². The Morgan fingerprint density at radius 1 is 1.11 bits per heavy atom. The van der Waals surface area contributed by atoms with Gasteiger partial charge in [0.1, 0.15) is 11.5 Å². The highest BCUT2D eigenvalue weighted by Crippen LogP contribution is 2.61. The highest BCUT2D eigenvalue weighted by Gasteiger charge is 2.50. The van der Waals surface area contributed by atoms with Crippen LogP contribution in [-0.2, 0) is 6.42 Å². The number of phenols is 1. The lowest BCUT2D eigenvalue weighted by molar-refractivity contribution is -0.0622. The Balaban J connectivity index is 1.09. The number of benzene rings is 2. The number of nitrogens with two attached hydrogens (primary N) is 1. The fraction of sp³-hybridized carbons (Fsp3) is 0.567. The topological polar surface area (TPSA) is 105 Å². The SMILES string of the molecule is C[C@H](Cc1cccc(OCCC23CC4CC(CC(C4)C2)C3)c1)NCC(O)c1ccc(O)c(C(N)=O)c1. The Kier molecular flexibility index (Phi) is 7.27. The maximum absolute atomic E-state index is 11.5. The molecule has 4 aliphatic carbocycles. The molecule has 6 rings (SSSR count). The van der Waals surface area contributed by atoms with Gasteiger partial charge in [0, 0.05) is 12.6 Å². The van der Waals surface area contributed by atoms with Gasteiger partial charge < -0.3 is 26.0 Å². The molecular weight excluding hydrogens is 452 g/mol. The number of aromatic hydroxyl groups is 1. The van der Waals surface area contributed by atoms with Crippen LogP contribution < -0.4 is 15.8 Å². The predicted octanol–water partition coefficient (Wildman–Crippen LogP) is 4.73. The summed E-state index contributed by atoms with van der Waals surface area (Å²) in [4.78, 5) is 11.5. The van der Waals surface area contributed by atoms with Crippen molar-refractivity contribution in [3.8, 4) is 11.5 Å². The average Bonchev–Trinajstić information content (AvgIpc) is 2.82. The van der Waals surface area contributed by atoms with E-state index >= 15 is 0 Å². The maximum Gasteiger partial charge on any atom is 0.252 e. The van der Waals surface area contributed by atoms with Crippen molar-refractivity contribution >= 4 is 5.91 Å². The van der Waals surface area contributed by atoms with Crippen LogP contribution >= 0.6 is 0 Å². The second kappa shape index (κ2) is 10.4. The molecule has 4 bridgehead atoms. The standard InChI is InChI=1S/C30H40N2O4/c1-19(32-18-28(34)24-5-6-27(33)26(14-24)29(31)35)9-20-3-2-4-25(13-20)36-8-7-30-15-21-10-22(16-30)12-23(11-21)17-30/h2-6,13-14,19,21-23,28,32-34H,7-12,15-18H2,1H3,(H2,31,35)/t19-,21?,22?,23?,28?,30?/m1/s1. The third-order valence-corrected chi connectivity index (χ3v) is 8.84. The van der Waals surface area contributed by atoms with Crippen molar-refractivity contribution in [3.05, 3.63) is 59.2 Å². The number of ether oxygens (including phenoxy) is 1. The summed E-state index contributed by atoms with van der Waals surface area (Å²) in [5.41, 5.74) is 7.58. The molecule has 36 heavy (non-hydrogen) atoms. The number of primary amides is 1. The number of hydrogen-bond donors (Lipinski definition) is 4. The first kappa shape index (κ1) is 25.1. The van der Waals surface area contributed by atoms with Gasteiger partial charge in [-0.2, -0.15) is 0 Å². The number of hydrogen-bond acceptors (Lipinski definition) is 5. The van der Waals surface area contributed by atoms with Crippen molar-refractivity contribution in [3.63, 3.8) is 0 Å². The summed E-state index contributed by atoms with van der Waals surface area (Å²) in [5, 5.41) is 23.7. The smallest absolute Gasteiger partial charge is 0.252 e. The number of aliphatic hydroxyl groups is 1. The first-order valence-corrected chi connectivity index (χ1v) is 13.5. The van der Waals surface area contributed by atoms with Gasteiger partial charge in [0.25, 0.3) is 5.91 Å². The minimum Gasteiger partial charge on any atom is -0.507 e. The van der Waals surface area contributed by atoms with Gasteiger partial charge in [-0.25, -0.2) is 0 Å². The van der Waals surface area contributed by atoms with Gasteiger partial charge in [-0.05, 0) is 117 Å². The van der Waals surface area contributed by atoms with Crippen molar-refractivity contribution < 1.29 is 19.7 Å². The van der Waals surface area contributed by atoms with Gasteiger partial charge in [0.15, 0.2) is 0 Å². The number of nitrogens with one attached hydrogen (secondary N) is 1. The zero-order valence-corrected chi connectivity index (χ0v) is 21.3. The molecule has 0 aliphatic heterocycles. The number of rotatable bonds is 11. The highest BCUT2D eigenvalue weighted by molar-refractivity contribution is 5.95. The molecule has 5 N–H and O–H groups in total. The second-order valence-corrected chi connectivity index (χ2v) is 11.8. The average molecular weight is 493 g/mol. The minimum absolute atomic E-state index is 0.0135. The van der Waals surface area contributed by atoms with Crippen LogP contribution in [0, 0.1) is 23.2 Å². The Morgan fingerprint density at radius 2 is 1.81 bits per heavy atom. The van der Waals surface area contributed by atoms with E-state index in [9.17, 15) is 15.0 Å². The minimum atomic E-state index is -0.814. The van der Waals surface area contributed by atoms with E-state index in [1.165, 1.54) is 62.6 Å². The van der Waals surface area contributed by atoms with Gasteiger partial charge >= 0.3 is 0 Å². The lowest BCUT2D eigenvalue weighted by Gasteiger charge is -2.57. The monoisotopic (exact) mass is 492 g/mol. The zero-order valence-electron chi connectivity index (χ0n) is 21.3. The van der Waals surface area contributed by atoms with E-state index in [1.54, 1.807) is 6.07 Å². The van der Waals surface area contributed by atoms with Crippen LogP contribution in [0.4, 0.5) is 0 Å². The second-order valence-electron chi connectivity index (χ2n) is 11.8. The molecule has 1 unspecified atom stereocenters. The number of carbonyl (C=O) groups excluding carboxylic acids is 1. The van der Waals surface area contributed by atoms with Gasteiger partial charge in [-0.3, -0.25) is 4.79 Å². The summed E-state index contributed by atoms with van der Waals surface area (Å²) in [6, 6.07) is 12.9. The molecule has 194 valence electrons. The van der Waals surface area contributed by atoms with E-state index < -0.39 is 12.0 Å². The van der Waals surface area contributed by atoms with Crippen molar-refractivity contribution in [2.45, 2.75) is 70.4 Å². The molecule has 6 nitrogen and oxygen atoms in total. The van der Waals surface area contributed by atoms with E-state index in [1.807, 2.05) is 6.07 Å². The van der Waals surface area contributed by atoms with E-state index in [2.05, 4.69) is 30.4 Å². The molecule has 4 fully saturated rings. The predicted molar refractivity (Wildman–Crippen MR) is 140 cm³/mol. The molecule has 6 heteroatoms. The van der Waals surface area contributed by atoms with Gasteiger partial charge in [-0.15, -0.1) is 0 Å². The number of aliphatic hydroxyl groups excluding tert-OH is 1. The van der Waals surface area contributed by atoms with Crippen LogP contribution in [0.2, 0.25) is 0 Å². The molecule has 2 aromatic carbocycles. The number of carbonyl (C=O) groups is 1. The van der Waals surface area contributed by atoms with Crippen molar-refractivity contribution in [2.24, 2.45) is 28.9 Å². The summed E-state index contributed by atoms with van der Waals surface area (Å²) < 4.78 is 6.24. The van der Waals surface area contributed by atoms with E-state index in [0.29, 0.717) is 17.5 Å². The Hall–Kier alpha value is -2.57. The molecule has 2 atom stereocenters. The van der Waals surface area contributed by atoms with Crippen LogP contribution in [-0.4, -0.2) is 35.3 Å². The van der Waals surface area contributed by atoms with Crippen LogP contribution in [0.5, 0.6) is 11.5 Å². The van der Waals surface area contributed by atoms with E-state index in [0.717, 1.165) is 36.5 Å². The molecule has 0 spiro atoms. The first-order chi connectivity index (χ1) is 17.3. The highest BCUT2D eigenvalue weighted by atomic mass is 16.5. The lowest BCUT2D eigenvalue weighted by atomic mass is 9.49. The van der Waals surface area contributed by atoms with Gasteiger partial charge in [0.2, 0.25) is 0 Å². The molecule has 2 aromatic rings. The molecule has 4 saturated carbocycles.